The number of aliphatic hydroxyl groups is 5. The molecule has 0 aromatic heterocycles. The average molecular weight is 1080 g/mol. The molecule has 0 radical (unpaired) electrons. The number of hydrogen-bond donors (Lipinski definition) is 5. The van der Waals surface area contributed by atoms with Crippen LogP contribution in [0.15, 0.2) is 73.4 Å². The monoisotopic (exact) mass is 1080 g/mol. The lowest BCUT2D eigenvalue weighted by molar-refractivity contribution is -0.341. The molecule has 8 saturated heterocycles. The van der Waals surface area contributed by atoms with Crippen LogP contribution < -0.4 is 0 Å². The Morgan fingerprint density at radius 3 is 1.91 bits per heavy atom. The molecule has 0 aliphatic carbocycles. The first-order valence-electron chi connectivity index (χ1n) is 29.4. The first-order valence-corrected chi connectivity index (χ1v) is 29.4. The predicted molar refractivity (Wildman–Crippen MR) is 278 cm³/mol. The fraction of sp³-hybridized carbons (Fsp3) is 0.800. The van der Waals surface area contributed by atoms with E-state index in [1.165, 1.54) is 0 Å². The summed E-state index contributed by atoms with van der Waals surface area (Å²) < 4.78 is 82.5. The average Bonchev–Trinajstić information content (AvgIpc) is 3.92. The Balaban J connectivity index is 0.721. The summed E-state index contributed by atoms with van der Waals surface area (Å²) in [6.45, 7) is 13.9. The van der Waals surface area contributed by atoms with Crippen LogP contribution in [0.5, 0.6) is 0 Å². The third-order valence-corrected chi connectivity index (χ3v) is 20.0. The van der Waals surface area contributed by atoms with E-state index in [-0.39, 0.29) is 91.6 Å². The summed E-state index contributed by atoms with van der Waals surface area (Å²) in [6, 6.07) is 0. The number of allylic oxidation sites excluding steroid dienone is 2. The van der Waals surface area contributed by atoms with E-state index in [9.17, 15) is 25.5 Å². The molecule has 0 amide bonds. The van der Waals surface area contributed by atoms with Gasteiger partial charge in [0.25, 0.3) is 0 Å². The Morgan fingerprint density at radius 2 is 1.13 bits per heavy atom. The number of ether oxygens (including phenoxy) is 12. The summed E-state index contributed by atoms with van der Waals surface area (Å²) in [5.74, 6) is -2.11. The molecule has 12 aliphatic rings. The van der Waals surface area contributed by atoms with E-state index < -0.39 is 109 Å². The van der Waals surface area contributed by atoms with Gasteiger partial charge in [0.1, 0.15) is 54.4 Å². The molecule has 17 nitrogen and oxygen atoms in total. The minimum Gasteiger partial charge on any atom is -0.396 e. The standard InChI is InChI=1S/C60H86O17/c1-7-8-13-34-14-11-17-41-56(66-34)53(64)57-49(70-41)26-43-40(73-57)21-20-38-39(68-43)19-18-37-35(67-38)15-9-10-16-36-45(69-37)28-50(62)59(6)51(72-36)29-46-47(76-59)25-30(2)24-42-44(71-46)27-48-54(74-42)32(4)52(63)58-55(75-48)31(3)33(5)60(65,77-58)22-12-23-61/h7-11,13-14,18-21,30-58,61-65H,1,12,15-17,22-29H2,2-6H3/b10-9-,13-8-. The van der Waals surface area contributed by atoms with Crippen molar-refractivity contribution in [2.24, 2.45) is 23.7 Å². The van der Waals surface area contributed by atoms with Crippen molar-refractivity contribution in [3.8, 4) is 0 Å². The topological polar surface area (TPSA) is 212 Å². The Kier molecular flexibility index (Phi) is 16.2. The van der Waals surface area contributed by atoms with Crippen LogP contribution in [-0.2, 0) is 56.8 Å². The van der Waals surface area contributed by atoms with Gasteiger partial charge in [-0.1, -0.05) is 101 Å². The second kappa shape index (κ2) is 22.5. The highest BCUT2D eigenvalue weighted by Gasteiger charge is 2.61. The van der Waals surface area contributed by atoms with Crippen LogP contribution in [0.3, 0.4) is 0 Å². The third-order valence-electron chi connectivity index (χ3n) is 20.0. The SMILES string of the molecule is C=C/C=C\C1C=CCC2OC3CC4OC5C=CC6OC7CC(O)C8(C)OC9CC(C)CC%10OC%11C(CC%10OC9CC8OC7C/C=C\CC6OC5C=CC4OC3C(O)C2O1)OC1C(C)C(C)C(O)(CCCO)OC1C(O)C%11C. The van der Waals surface area contributed by atoms with E-state index in [1.54, 1.807) is 6.08 Å². The fourth-order valence-electron chi connectivity index (χ4n) is 15.3. The van der Waals surface area contributed by atoms with E-state index in [0.717, 1.165) is 6.42 Å². The summed E-state index contributed by atoms with van der Waals surface area (Å²) in [6.07, 6.45) is 15.6. The fourth-order valence-corrected chi connectivity index (χ4v) is 15.3. The van der Waals surface area contributed by atoms with Crippen molar-refractivity contribution in [1.29, 1.82) is 0 Å². The summed E-state index contributed by atoms with van der Waals surface area (Å²) in [5, 5.41) is 57.4. The van der Waals surface area contributed by atoms with Gasteiger partial charge < -0.3 is 82.4 Å². The van der Waals surface area contributed by atoms with Crippen LogP contribution in [0.1, 0.15) is 105 Å². The van der Waals surface area contributed by atoms with Gasteiger partial charge in [0, 0.05) is 50.5 Å². The van der Waals surface area contributed by atoms with E-state index in [0.29, 0.717) is 57.8 Å². The molecule has 5 N–H and O–H groups in total. The first kappa shape index (κ1) is 55.3. The normalized spacial score (nSPS) is 55.7. The smallest absolute Gasteiger partial charge is 0.169 e. The molecule has 0 aromatic rings. The van der Waals surface area contributed by atoms with Gasteiger partial charge in [0.05, 0.1) is 104 Å². The molecule has 8 fully saturated rings. The van der Waals surface area contributed by atoms with Gasteiger partial charge in [0.15, 0.2) is 5.79 Å². The number of aliphatic hydroxyl groups excluding tert-OH is 4. The lowest BCUT2D eigenvalue weighted by Gasteiger charge is -2.53. The van der Waals surface area contributed by atoms with Crippen molar-refractivity contribution in [3.63, 3.8) is 0 Å². The molecule has 31 atom stereocenters. The van der Waals surface area contributed by atoms with Gasteiger partial charge in [-0.05, 0) is 57.3 Å². The predicted octanol–water partition coefficient (Wildman–Crippen LogP) is 4.78. The molecule has 17 heteroatoms. The van der Waals surface area contributed by atoms with E-state index >= 15 is 0 Å². The van der Waals surface area contributed by atoms with Crippen LogP contribution in [0.2, 0.25) is 0 Å². The van der Waals surface area contributed by atoms with E-state index in [4.69, 9.17) is 56.8 Å². The van der Waals surface area contributed by atoms with Crippen molar-refractivity contribution in [2.45, 2.75) is 269 Å². The Bertz CT molecular complexity index is 2220. The zero-order chi connectivity index (χ0) is 53.5. The highest BCUT2D eigenvalue weighted by atomic mass is 16.7. The largest absolute Gasteiger partial charge is 0.396 e. The van der Waals surface area contributed by atoms with Crippen LogP contribution in [0.25, 0.3) is 0 Å². The maximum Gasteiger partial charge on any atom is 0.169 e. The summed E-state index contributed by atoms with van der Waals surface area (Å²) in [4.78, 5) is 0. The maximum atomic E-state index is 12.4. The molecular formula is C60H86O17. The van der Waals surface area contributed by atoms with Gasteiger partial charge in [-0.2, -0.15) is 0 Å². The number of rotatable bonds is 5. The molecule has 0 spiro atoms. The Labute approximate surface area is 453 Å². The van der Waals surface area contributed by atoms with Crippen molar-refractivity contribution in [2.75, 3.05) is 6.61 Å². The molecule has 0 saturated carbocycles. The van der Waals surface area contributed by atoms with E-state index in [2.05, 4.69) is 31.7 Å². The third kappa shape index (κ3) is 10.5. The van der Waals surface area contributed by atoms with Crippen LogP contribution in [0, 0.1) is 23.7 Å². The van der Waals surface area contributed by atoms with Crippen molar-refractivity contribution >= 4 is 0 Å². The zero-order valence-corrected chi connectivity index (χ0v) is 45.4. The first-order chi connectivity index (χ1) is 37.1. The minimum absolute atomic E-state index is 0.0639. The second-order valence-electron chi connectivity index (χ2n) is 25.0. The number of hydrogen-bond acceptors (Lipinski definition) is 17. The quantitative estimate of drug-likeness (QED) is 0.185. The second-order valence-corrected chi connectivity index (χ2v) is 25.0. The zero-order valence-electron chi connectivity index (χ0n) is 45.4. The van der Waals surface area contributed by atoms with E-state index in [1.807, 2.05) is 70.2 Å². The van der Waals surface area contributed by atoms with Gasteiger partial charge >= 0.3 is 0 Å². The Morgan fingerprint density at radius 1 is 0.519 bits per heavy atom. The van der Waals surface area contributed by atoms with Gasteiger partial charge in [0.2, 0.25) is 0 Å². The highest BCUT2D eigenvalue weighted by Crippen LogP contribution is 2.50. The van der Waals surface area contributed by atoms with Crippen LogP contribution in [-0.4, -0.2) is 196 Å². The summed E-state index contributed by atoms with van der Waals surface area (Å²) in [7, 11) is 0. The van der Waals surface area contributed by atoms with Crippen molar-refractivity contribution < 1.29 is 82.4 Å². The molecule has 428 valence electrons. The maximum absolute atomic E-state index is 12.4. The highest BCUT2D eigenvalue weighted by molar-refractivity contribution is 5.18. The van der Waals surface area contributed by atoms with Gasteiger partial charge in [-0.3, -0.25) is 0 Å². The molecule has 0 aromatic carbocycles. The van der Waals surface area contributed by atoms with Gasteiger partial charge in [-0.25, -0.2) is 0 Å². The summed E-state index contributed by atoms with van der Waals surface area (Å²) in [5.41, 5.74) is -1.04. The lowest BCUT2D eigenvalue weighted by atomic mass is 9.75. The van der Waals surface area contributed by atoms with Gasteiger partial charge in [-0.15, -0.1) is 0 Å². The number of fused-ring (bicyclic) bond motifs is 11. The molecule has 0 bridgehead atoms. The minimum atomic E-state index is -1.50. The molecule has 31 unspecified atom stereocenters. The molecule has 12 aliphatic heterocycles. The van der Waals surface area contributed by atoms with Crippen LogP contribution >= 0.6 is 0 Å². The molecule has 12 rings (SSSR count). The van der Waals surface area contributed by atoms with Crippen molar-refractivity contribution in [3.05, 3.63) is 73.4 Å². The van der Waals surface area contributed by atoms with Crippen LogP contribution in [0.4, 0.5) is 0 Å². The molecule has 12 heterocycles. The molecular weight excluding hydrogens is 993 g/mol. The summed E-state index contributed by atoms with van der Waals surface area (Å²) >= 11 is 0. The molecule has 77 heavy (non-hydrogen) atoms. The lowest BCUT2D eigenvalue weighted by Crippen LogP contribution is -2.63. The van der Waals surface area contributed by atoms with Crippen molar-refractivity contribution in [1.82, 2.24) is 0 Å². The Hall–Kier alpha value is -2.24.